The van der Waals surface area contributed by atoms with E-state index >= 15 is 0 Å². The van der Waals surface area contributed by atoms with E-state index in [9.17, 15) is 4.79 Å². The summed E-state index contributed by atoms with van der Waals surface area (Å²) >= 11 is 1.60. The summed E-state index contributed by atoms with van der Waals surface area (Å²) in [7, 11) is 0. The summed E-state index contributed by atoms with van der Waals surface area (Å²) < 4.78 is 11.9. The van der Waals surface area contributed by atoms with Crippen LogP contribution in [0.15, 0.2) is 52.9 Å². The molecule has 0 saturated heterocycles. The van der Waals surface area contributed by atoms with Crippen LogP contribution in [-0.2, 0) is 22.4 Å². The highest BCUT2D eigenvalue weighted by Crippen LogP contribution is 2.29. The second kappa shape index (κ2) is 9.80. The maximum atomic E-state index is 11.9. The average Bonchev–Trinajstić information content (AvgIpc) is 3.40. The number of aromatic nitrogens is 3. The Kier molecular flexibility index (Phi) is 6.69. The van der Waals surface area contributed by atoms with E-state index in [1.807, 2.05) is 31.2 Å². The van der Waals surface area contributed by atoms with Crippen LogP contribution in [0.4, 0.5) is 0 Å². The Balaban J connectivity index is 1.40. The molecule has 0 radical (unpaired) electrons. The predicted octanol–water partition coefficient (Wildman–Crippen LogP) is 4.15. The normalized spacial score (nSPS) is 12.2. The number of ether oxygens (including phenoxy) is 1. The lowest BCUT2D eigenvalue weighted by Gasteiger charge is -2.08. The Hall–Kier alpha value is -3.10. The van der Waals surface area contributed by atoms with Gasteiger partial charge in [0.15, 0.2) is 0 Å². The summed E-state index contributed by atoms with van der Waals surface area (Å²) in [5, 5.41) is 8.98. The Morgan fingerprint density at radius 2 is 1.94 bits per heavy atom. The summed E-state index contributed by atoms with van der Waals surface area (Å²) in [6.07, 6.45) is 2.36. The van der Waals surface area contributed by atoms with Crippen molar-refractivity contribution in [3.05, 3.63) is 65.3 Å². The van der Waals surface area contributed by atoms with Crippen LogP contribution >= 0.6 is 11.3 Å². The summed E-state index contributed by atoms with van der Waals surface area (Å²) in [5.41, 5.74) is 9.16. The Morgan fingerprint density at radius 1 is 1.13 bits per heavy atom. The van der Waals surface area contributed by atoms with Crippen LogP contribution in [0.3, 0.4) is 0 Å². The van der Waals surface area contributed by atoms with Crippen molar-refractivity contribution >= 4 is 27.5 Å². The largest absolute Gasteiger partial charge is 0.465 e. The second-order valence-electron chi connectivity index (χ2n) is 7.25. The lowest BCUT2D eigenvalue weighted by Crippen LogP contribution is -2.34. The number of carbonyl (C=O) groups excluding carboxylic acids is 1. The van der Waals surface area contributed by atoms with Crippen molar-refractivity contribution in [2.24, 2.45) is 5.73 Å². The van der Waals surface area contributed by atoms with Crippen LogP contribution in [-0.4, -0.2) is 33.8 Å². The van der Waals surface area contributed by atoms with Crippen molar-refractivity contribution < 1.29 is 13.9 Å². The third-order valence-corrected chi connectivity index (χ3v) is 5.81. The van der Waals surface area contributed by atoms with Gasteiger partial charge in [0.05, 0.1) is 29.7 Å². The molecule has 0 spiro atoms. The van der Waals surface area contributed by atoms with Gasteiger partial charge in [-0.05, 0) is 29.7 Å². The van der Waals surface area contributed by atoms with E-state index in [1.165, 1.54) is 5.56 Å². The summed E-state index contributed by atoms with van der Waals surface area (Å²) in [5.74, 6) is 0.319. The molecule has 2 aromatic heterocycles. The number of rotatable bonds is 9. The molecule has 2 N–H and O–H groups in total. The predicted molar refractivity (Wildman–Crippen MR) is 120 cm³/mol. The van der Waals surface area contributed by atoms with Crippen molar-refractivity contribution in [2.45, 2.75) is 38.6 Å². The van der Waals surface area contributed by atoms with Gasteiger partial charge in [0.25, 0.3) is 0 Å². The van der Waals surface area contributed by atoms with Crippen LogP contribution < -0.4 is 5.73 Å². The summed E-state index contributed by atoms with van der Waals surface area (Å²) in [6, 6.07) is 15.7. The first-order valence-electron chi connectivity index (χ1n) is 10.3. The van der Waals surface area contributed by atoms with E-state index in [0.29, 0.717) is 24.8 Å². The van der Waals surface area contributed by atoms with Gasteiger partial charge in [-0.25, -0.2) is 4.98 Å². The van der Waals surface area contributed by atoms with Crippen molar-refractivity contribution in [2.75, 3.05) is 6.61 Å². The minimum absolute atomic E-state index is 0.151. The highest BCUT2D eigenvalue weighted by atomic mass is 32.1. The number of nitrogens with two attached hydrogens (primary N) is 1. The Labute approximate surface area is 184 Å². The fraction of sp³-hybridized carbons (Fsp3) is 0.304. The number of nitrogens with zero attached hydrogens (tertiary/aromatic N) is 3. The topological polar surface area (TPSA) is 104 Å². The van der Waals surface area contributed by atoms with Crippen LogP contribution in [0, 0.1) is 0 Å². The minimum atomic E-state index is -0.816. The molecule has 0 aliphatic heterocycles. The average molecular weight is 437 g/mol. The SMILES string of the molecule is CCCCOC(=O)[C@@H](N)Cc1nnc(Cc2nc3ccc(-c4ccccc4)cc3s2)o1. The molecular weight excluding hydrogens is 412 g/mol. The van der Waals surface area contributed by atoms with Crippen molar-refractivity contribution in [1.82, 2.24) is 15.2 Å². The fourth-order valence-corrected chi connectivity index (χ4v) is 4.12. The molecule has 4 rings (SSSR count). The number of benzene rings is 2. The molecule has 31 heavy (non-hydrogen) atoms. The monoisotopic (exact) mass is 436 g/mol. The van der Waals surface area contributed by atoms with Crippen LogP contribution in [0.5, 0.6) is 0 Å². The maximum Gasteiger partial charge on any atom is 0.323 e. The van der Waals surface area contributed by atoms with Gasteiger partial charge in [0.1, 0.15) is 11.0 Å². The Morgan fingerprint density at radius 3 is 2.74 bits per heavy atom. The smallest absolute Gasteiger partial charge is 0.323 e. The quantitative estimate of drug-likeness (QED) is 0.310. The number of esters is 1. The van der Waals surface area contributed by atoms with Crippen molar-refractivity contribution in [3.63, 3.8) is 0 Å². The third-order valence-electron chi connectivity index (χ3n) is 4.79. The molecule has 8 heteroatoms. The molecule has 0 fully saturated rings. The molecule has 0 aliphatic rings. The van der Waals surface area contributed by atoms with Gasteiger partial charge in [-0.1, -0.05) is 49.7 Å². The zero-order chi connectivity index (χ0) is 21.6. The minimum Gasteiger partial charge on any atom is -0.465 e. The number of unbranched alkanes of at least 4 members (excludes halogenated alkanes) is 1. The molecule has 0 amide bonds. The van der Waals surface area contributed by atoms with Crippen molar-refractivity contribution in [3.8, 4) is 11.1 Å². The molecular formula is C23H24N4O3S. The van der Waals surface area contributed by atoms with E-state index in [4.69, 9.17) is 14.9 Å². The molecule has 0 unspecified atom stereocenters. The van der Waals surface area contributed by atoms with Gasteiger partial charge in [-0.3, -0.25) is 4.79 Å². The van der Waals surface area contributed by atoms with Gasteiger partial charge in [0.2, 0.25) is 11.8 Å². The van der Waals surface area contributed by atoms with Gasteiger partial charge in [0, 0.05) is 0 Å². The summed E-state index contributed by atoms with van der Waals surface area (Å²) in [6.45, 7) is 2.41. The van der Waals surface area contributed by atoms with Gasteiger partial charge < -0.3 is 14.9 Å². The lowest BCUT2D eigenvalue weighted by molar-refractivity contribution is -0.145. The first kappa shape index (κ1) is 21.1. The lowest BCUT2D eigenvalue weighted by atomic mass is 10.1. The van der Waals surface area contributed by atoms with Crippen LogP contribution in [0.25, 0.3) is 21.3 Å². The number of carbonyl (C=O) groups is 1. The van der Waals surface area contributed by atoms with Gasteiger partial charge >= 0.3 is 5.97 Å². The van der Waals surface area contributed by atoms with Crippen molar-refractivity contribution in [1.29, 1.82) is 0 Å². The van der Waals surface area contributed by atoms with E-state index in [0.717, 1.165) is 33.6 Å². The number of fused-ring (bicyclic) bond motifs is 1. The van der Waals surface area contributed by atoms with E-state index in [2.05, 4.69) is 39.4 Å². The van der Waals surface area contributed by atoms with E-state index in [1.54, 1.807) is 11.3 Å². The van der Waals surface area contributed by atoms with Gasteiger partial charge in [-0.2, -0.15) is 0 Å². The first-order chi connectivity index (χ1) is 15.1. The number of hydrogen-bond acceptors (Lipinski definition) is 8. The first-order valence-corrected chi connectivity index (χ1v) is 11.1. The number of hydrogen-bond donors (Lipinski definition) is 1. The van der Waals surface area contributed by atoms with Gasteiger partial charge in [-0.15, -0.1) is 21.5 Å². The second-order valence-corrected chi connectivity index (χ2v) is 8.37. The molecule has 1 atom stereocenters. The maximum absolute atomic E-state index is 11.9. The molecule has 160 valence electrons. The molecule has 0 saturated carbocycles. The highest BCUT2D eigenvalue weighted by molar-refractivity contribution is 7.18. The zero-order valence-corrected chi connectivity index (χ0v) is 18.1. The molecule has 4 aromatic rings. The third kappa shape index (κ3) is 5.34. The molecule has 0 bridgehead atoms. The highest BCUT2D eigenvalue weighted by Gasteiger charge is 2.19. The summed E-state index contributed by atoms with van der Waals surface area (Å²) in [4.78, 5) is 16.6. The fourth-order valence-electron chi connectivity index (χ4n) is 3.13. The molecule has 0 aliphatic carbocycles. The molecule has 7 nitrogen and oxygen atoms in total. The Bertz CT molecular complexity index is 1160. The van der Waals surface area contributed by atoms with E-state index in [-0.39, 0.29) is 6.42 Å². The zero-order valence-electron chi connectivity index (χ0n) is 17.3. The molecule has 2 heterocycles. The van der Waals surface area contributed by atoms with Crippen LogP contribution in [0.1, 0.15) is 36.6 Å². The van der Waals surface area contributed by atoms with E-state index < -0.39 is 12.0 Å². The van der Waals surface area contributed by atoms with Crippen LogP contribution in [0.2, 0.25) is 0 Å². The number of thiazole rings is 1. The molecule has 2 aromatic carbocycles. The standard InChI is InChI=1S/C23H24N4O3S/c1-2-3-11-29-23(28)17(24)13-20-26-27-21(30-20)14-22-25-18-10-9-16(12-19(18)31-22)15-7-5-4-6-8-15/h4-10,12,17H,2-3,11,13-14,24H2,1H3/t17-/m0/s1.